The normalized spacial score (nSPS) is 30.3. The number of likely N-dealkylation sites (tertiary alicyclic amines) is 1. The molecule has 0 aromatic rings. The summed E-state index contributed by atoms with van der Waals surface area (Å²) in [5.74, 6) is 0.539. The molecule has 9 heteroatoms. The van der Waals surface area contributed by atoms with E-state index in [-0.39, 0.29) is 78.0 Å². The second-order valence-electron chi connectivity index (χ2n) is 8.58. The number of hydrogen-bond acceptors (Lipinski definition) is 4. The molecule has 3 aliphatic carbocycles. The van der Waals surface area contributed by atoms with Crippen LogP contribution in [-0.2, 0) is 14.4 Å². The average molecular weight is 529 g/mol. The SMILES string of the molecule is CN=C(NCCN1C(=O)C2C3C=CC(C3)C2C1=O)NCC(=O)NC1CCCCC1.I. The zero-order chi connectivity index (χ0) is 20.4. The van der Waals surface area contributed by atoms with Gasteiger partial charge in [0.05, 0.1) is 18.4 Å². The molecule has 0 aromatic heterocycles. The van der Waals surface area contributed by atoms with Crippen LogP contribution in [0.5, 0.6) is 0 Å². The number of carbonyl (C=O) groups excluding carboxylic acids is 3. The molecule has 0 aromatic carbocycles. The lowest BCUT2D eigenvalue weighted by Crippen LogP contribution is -2.47. The van der Waals surface area contributed by atoms with Crippen molar-refractivity contribution in [2.75, 3.05) is 26.7 Å². The van der Waals surface area contributed by atoms with E-state index in [1.807, 2.05) is 0 Å². The number of rotatable bonds is 6. The highest BCUT2D eigenvalue weighted by Crippen LogP contribution is 2.52. The molecule has 30 heavy (non-hydrogen) atoms. The molecule has 0 radical (unpaired) electrons. The van der Waals surface area contributed by atoms with Crippen LogP contribution >= 0.6 is 24.0 Å². The number of fused-ring (bicyclic) bond motifs is 5. The van der Waals surface area contributed by atoms with Crippen LogP contribution in [0.3, 0.4) is 0 Å². The van der Waals surface area contributed by atoms with E-state index in [9.17, 15) is 14.4 Å². The molecule has 4 atom stereocenters. The minimum Gasteiger partial charge on any atom is -0.355 e. The Kier molecular flexibility index (Phi) is 7.75. The summed E-state index contributed by atoms with van der Waals surface area (Å²) in [6.07, 6.45) is 10.8. The van der Waals surface area contributed by atoms with Crippen molar-refractivity contribution in [3.63, 3.8) is 0 Å². The van der Waals surface area contributed by atoms with Crippen molar-refractivity contribution in [2.45, 2.75) is 44.6 Å². The number of guanidine groups is 1. The summed E-state index contributed by atoms with van der Waals surface area (Å²) in [5.41, 5.74) is 0. The lowest BCUT2D eigenvalue weighted by molar-refractivity contribution is -0.140. The van der Waals surface area contributed by atoms with E-state index < -0.39 is 0 Å². The smallest absolute Gasteiger partial charge is 0.239 e. The fraction of sp³-hybridized carbons (Fsp3) is 0.714. The summed E-state index contributed by atoms with van der Waals surface area (Å²) in [7, 11) is 1.63. The van der Waals surface area contributed by atoms with Gasteiger partial charge in [-0.25, -0.2) is 0 Å². The summed E-state index contributed by atoms with van der Waals surface area (Å²) < 4.78 is 0. The van der Waals surface area contributed by atoms with Gasteiger partial charge in [-0.2, -0.15) is 0 Å². The van der Waals surface area contributed by atoms with Crippen LogP contribution in [-0.4, -0.2) is 61.3 Å². The highest BCUT2D eigenvalue weighted by Gasteiger charge is 2.58. The second-order valence-corrected chi connectivity index (χ2v) is 8.58. The first-order valence-electron chi connectivity index (χ1n) is 10.9. The minimum absolute atomic E-state index is 0. The van der Waals surface area contributed by atoms with Crippen molar-refractivity contribution in [3.8, 4) is 0 Å². The van der Waals surface area contributed by atoms with Gasteiger partial charge in [0.25, 0.3) is 0 Å². The van der Waals surface area contributed by atoms with Crippen molar-refractivity contribution in [1.82, 2.24) is 20.9 Å². The minimum atomic E-state index is -0.154. The molecule has 3 amide bonds. The van der Waals surface area contributed by atoms with Gasteiger partial charge >= 0.3 is 0 Å². The molecule has 8 nitrogen and oxygen atoms in total. The van der Waals surface area contributed by atoms with E-state index in [0.717, 1.165) is 19.3 Å². The van der Waals surface area contributed by atoms with Crippen molar-refractivity contribution < 1.29 is 14.4 Å². The number of imide groups is 1. The Labute approximate surface area is 194 Å². The zero-order valence-corrected chi connectivity index (χ0v) is 19.8. The summed E-state index contributed by atoms with van der Waals surface area (Å²) in [6, 6.07) is 0.282. The van der Waals surface area contributed by atoms with E-state index in [1.54, 1.807) is 7.05 Å². The molecule has 4 rings (SSSR count). The van der Waals surface area contributed by atoms with E-state index in [4.69, 9.17) is 0 Å². The lowest BCUT2D eigenvalue weighted by atomic mass is 9.85. The predicted molar refractivity (Wildman–Crippen MR) is 124 cm³/mol. The monoisotopic (exact) mass is 529 g/mol. The second kappa shape index (κ2) is 10.1. The molecular formula is C21H32IN5O3. The Morgan fingerprint density at radius 3 is 2.30 bits per heavy atom. The third kappa shape index (κ3) is 4.65. The maximum atomic E-state index is 12.7. The van der Waals surface area contributed by atoms with Gasteiger partial charge in [-0.05, 0) is 31.1 Å². The molecule has 4 unspecified atom stereocenters. The van der Waals surface area contributed by atoms with Crippen LogP contribution in [0.15, 0.2) is 17.1 Å². The Bertz CT molecular complexity index is 704. The number of aliphatic imine (C=N–C) groups is 1. The van der Waals surface area contributed by atoms with Crippen LogP contribution in [0.1, 0.15) is 38.5 Å². The first kappa shape index (κ1) is 23.0. The van der Waals surface area contributed by atoms with Gasteiger partial charge in [0.1, 0.15) is 0 Å². The first-order valence-corrected chi connectivity index (χ1v) is 10.9. The molecule has 166 valence electrons. The van der Waals surface area contributed by atoms with E-state index in [2.05, 4.69) is 33.1 Å². The van der Waals surface area contributed by atoms with Crippen molar-refractivity contribution in [3.05, 3.63) is 12.2 Å². The number of amides is 3. The van der Waals surface area contributed by atoms with E-state index in [1.165, 1.54) is 24.2 Å². The number of nitrogens with zero attached hydrogens (tertiary/aromatic N) is 2. The van der Waals surface area contributed by atoms with E-state index >= 15 is 0 Å². The molecule has 4 aliphatic rings. The maximum absolute atomic E-state index is 12.7. The van der Waals surface area contributed by atoms with Crippen LogP contribution in [0.25, 0.3) is 0 Å². The first-order chi connectivity index (χ1) is 14.1. The summed E-state index contributed by atoms with van der Waals surface area (Å²) in [4.78, 5) is 43.0. The highest BCUT2D eigenvalue weighted by atomic mass is 127. The third-order valence-corrected chi connectivity index (χ3v) is 6.80. The fourth-order valence-electron chi connectivity index (χ4n) is 5.38. The Hall–Kier alpha value is -1.65. The number of halogens is 1. The Morgan fingerprint density at radius 2 is 1.70 bits per heavy atom. The Morgan fingerprint density at radius 1 is 1.07 bits per heavy atom. The van der Waals surface area contributed by atoms with Crippen molar-refractivity contribution in [1.29, 1.82) is 0 Å². The van der Waals surface area contributed by atoms with Gasteiger partial charge in [0, 0.05) is 26.2 Å². The Balaban J connectivity index is 0.00000256. The highest BCUT2D eigenvalue weighted by molar-refractivity contribution is 14.0. The quantitative estimate of drug-likeness (QED) is 0.157. The summed E-state index contributed by atoms with van der Waals surface area (Å²) in [5, 5.41) is 9.16. The number of allylic oxidation sites excluding steroid dienone is 2. The van der Waals surface area contributed by atoms with Crippen molar-refractivity contribution >= 4 is 47.7 Å². The molecule has 1 heterocycles. The largest absolute Gasteiger partial charge is 0.355 e. The van der Waals surface area contributed by atoms with Crippen LogP contribution in [0.2, 0.25) is 0 Å². The maximum Gasteiger partial charge on any atom is 0.239 e. The zero-order valence-electron chi connectivity index (χ0n) is 17.4. The van der Waals surface area contributed by atoms with Crippen LogP contribution < -0.4 is 16.0 Å². The average Bonchev–Trinajstić information content (AvgIpc) is 3.40. The molecule has 3 fully saturated rings. The summed E-state index contributed by atoms with van der Waals surface area (Å²) in [6.45, 7) is 0.875. The van der Waals surface area contributed by atoms with Crippen LogP contribution in [0.4, 0.5) is 0 Å². The topological polar surface area (TPSA) is 103 Å². The molecule has 1 saturated heterocycles. The molecule has 2 saturated carbocycles. The standard InChI is InChI=1S/C21H31N5O3.HI/c1-22-21(24-12-16(27)25-15-5-3-2-4-6-15)23-9-10-26-19(28)17-13-7-8-14(11-13)18(17)20(26)29;/h7-8,13-15,17-18H,2-6,9-12H2,1H3,(H,25,27)(H2,22,23,24);1H. The van der Waals surface area contributed by atoms with Gasteiger partial charge < -0.3 is 16.0 Å². The lowest BCUT2D eigenvalue weighted by Gasteiger charge is -2.23. The molecule has 3 N–H and O–H groups in total. The van der Waals surface area contributed by atoms with E-state index in [0.29, 0.717) is 19.0 Å². The van der Waals surface area contributed by atoms with Crippen molar-refractivity contribution in [2.24, 2.45) is 28.7 Å². The fourth-order valence-corrected chi connectivity index (χ4v) is 5.38. The molecule has 0 spiro atoms. The molecule has 1 aliphatic heterocycles. The van der Waals surface area contributed by atoms with Gasteiger partial charge in [-0.1, -0.05) is 31.4 Å². The molecule has 2 bridgehead atoms. The molecular weight excluding hydrogens is 497 g/mol. The van der Waals surface area contributed by atoms with Gasteiger partial charge in [0.15, 0.2) is 5.96 Å². The van der Waals surface area contributed by atoms with Gasteiger partial charge in [-0.15, -0.1) is 24.0 Å². The third-order valence-electron chi connectivity index (χ3n) is 6.80. The number of carbonyl (C=O) groups is 3. The van der Waals surface area contributed by atoms with Crippen LogP contribution in [0, 0.1) is 23.7 Å². The van der Waals surface area contributed by atoms with Gasteiger partial charge in [-0.3, -0.25) is 24.3 Å². The number of hydrogen-bond donors (Lipinski definition) is 3. The summed E-state index contributed by atoms with van der Waals surface area (Å²) >= 11 is 0. The predicted octanol–water partition coefficient (Wildman–Crippen LogP) is 1.03. The van der Waals surface area contributed by atoms with Gasteiger partial charge in [0.2, 0.25) is 17.7 Å². The number of nitrogens with one attached hydrogen (secondary N) is 3.